The Bertz CT molecular complexity index is 1530. The summed E-state index contributed by atoms with van der Waals surface area (Å²) in [7, 11) is 2.08. The first-order valence-electron chi connectivity index (χ1n) is 14.5. The Labute approximate surface area is 260 Å². The highest BCUT2D eigenvalue weighted by Gasteiger charge is 2.21. The molecule has 236 valence electrons. The number of likely N-dealkylation sites (N-methyl/N-ethyl adjacent to an activating group) is 1. The Morgan fingerprint density at radius 3 is 2.32 bits per heavy atom. The molecule has 5 rings (SSSR count). The number of nitrogens with zero attached hydrogens (tertiary/aromatic N) is 4. The van der Waals surface area contributed by atoms with E-state index in [2.05, 4.69) is 45.7 Å². The molecule has 1 aliphatic rings. The van der Waals surface area contributed by atoms with Crippen LogP contribution >= 0.6 is 11.3 Å². The van der Waals surface area contributed by atoms with Gasteiger partial charge in [-0.1, -0.05) is 37.3 Å². The molecule has 1 aliphatic heterocycles. The second-order valence-electron chi connectivity index (χ2n) is 10.2. The Balaban J connectivity index is 0.000000816. The number of carbonyl (C=O) groups is 4. The lowest BCUT2D eigenvalue weighted by atomic mass is 10.1. The number of hydrogen-bond acceptors (Lipinski definition) is 8. The van der Waals surface area contributed by atoms with Crippen molar-refractivity contribution in [2.75, 3.05) is 46.3 Å². The normalized spacial score (nSPS) is 14.4. The zero-order chi connectivity index (χ0) is 32.1. The molecule has 2 aromatic carbocycles. The van der Waals surface area contributed by atoms with E-state index in [-0.39, 0.29) is 30.8 Å². The number of benzene rings is 2. The molecule has 2 aromatic heterocycles. The van der Waals surface area contributed by atoms with E-state index < -0.39 is 0 Å². The van der Waals surface area contributed by atoms with Gasteiger partial charge in [0, 0.05) is 42.0 Å². The number of aromatic nitrogens is 2. The lowest BCUT2D eigenvalue weighted by Gasteiger charge is -2.17. The molecular weight excluding hydrogens is 584 g/mol. The number of likely N-dealkylation sites (tertiary alicyclic amines) is 1. The van der Waals surface area contributed by atoms with Gasteiger partial charge < -0.3 is 30.6 Å². The number of thiazole rings is 1. The third kappa shape index (κ3) is 9.09. The number of carbonyl (C=O) groups excluding carboxylic acids is 2. The minimum Gasteiger partial charge on any atom is -0.483 e. The van der Waals surface area contributed by atoms with Crippen molar-refractivity contribution in [2.24, 2.45) is 0 Å². The smallest absolute Gasteiger partial charge is 0.290 e. The first-order chi connectivity index (χ1) is 21.3. The molecule has 0 aliphatic carbocycles. The van der Waals surface area contributed by atoms with Crippen LogP contribution < -0.4 is 10.6 Å². The molecule has 4 aromatic rings. The van der Waals surface area contributed by atoms with Crippen molar-refractivity contribution in [3.63, 3.8) is 0 Å². The predicted molar refractivity (Wildman–Crippen MR) is 172 cm³/mol. The quantitative estimate of drug-likeness (QED) is 0.153. The number of carboxylic acid groups (broad SMARTS) is 2. The maximum atomic E-state index is 12.7. The minimum absolute atomic E-state index is 0.0302. The molecule has 2 amide bonds. The molecule has 1 fully saturated rings. The first-order valence-corrected chi connectivity index (χ1v) is 15.3. The van der Waals surface area contributed by atoms with Crippen LogP contribution in [0.4, 0.5) is 0 Å². The maximum absolute atomic E-state index is 12.7. The average molecular weight is 625 g/mol. The molecular formula is C31H40N6O6S. The van der Waals surface area contributed by atoms with Crippen molar-refractivity contribution >= 4 is 51.3 Å². The lowest BCUT2D eigenvalue weighted by Crippen LogP contribution is -2.36. The van der Waals surface area contributed by atoms with Crippen LogP contribution in [0.1, 0.15) is 47.4 Å². The van der Waals surface area contributed by atoms with Gasteiger partial charge in [-0.2, -0.15) is 0 Å². The Morgan fingerprint density at radius 2 is 1.70 bits per heavy atom. The van der Waals surface area contributed by atoms with Crippen LogP contribution in [0.5, 0.6) is 0 Å². The third-order valence-corrected chi connectivity index (χ3v) is 8.37. The predicted octanol–water partition coefficient (Wildman–Crippen LogP) is 3.51. The van der Waals surface area contributed by atoms with Crippen LogP contribution in [0, 0.1) is 0 Å². The molecule has 4 N–H and O–H groups in total. The number of fused-ring (bicyclic) bond motifs is 3. The Kier molecular flexibility index (Phi) is 13.3. The molecule has 1 unspecified atom stereocenters. The maximum Gasteiger partial charge on any atom is 0.290 e. The summed E-state index contributed by atoms with van der Waals surface area (Å²) in [5, 5.41) is 20.0. The van der Waals surface area contributed by atoms with Crippen LogP contribution in [0.3, 0.4) is 0 Å². The molecule has 0 saturated carbocycles. The van der Waals surface area contributed by atoms with Crippen molar-refractivity contribution < 1.29 is 29.4 Å². The van der Waals surface area contributed by atoms with Crippen LogP contribution in [-0.2, 0) is 9.59 Å². The van der Waals surface area contributed by atoms with E-state index in [9.17, 15) is 9.59 Å². The summed E-state index contributed by atoms with van der Waals surface area (Å²) in [4.78, 5) is 52.3. The molecule has 3 heterocycles. The van der Waals surface area contributed by atoms with Crippen molar-refractivity contribution in [2.45, 2.75) is 32.7 Å². The third-order valence-electron chi connectivity index (χ3n) is 7.36. The number of nitrogens with one attached hydrogen (secondary N) is 2. The summed E-state index contributed by atoms with van der Waals surface area (Å²) in [6.45, 7) is 9.45. The van der Waals surface area contributed by atoms with E-state index >= 15 is 0 Å². The first kappa shape index (κ1) is 34.2. The van der Waals surface area contributed by atoms with E-state index in [1.165, 1.54) is 0 Å². The van der Waals surface area contributed by atoms with Crippen LogP contribution in [0.15, 0.2) is 48.7 Å². The minimum atomic E-state index is -0.250. The van der Waals surface area contributed by atoms with Gasteiger partial charge >= 0.3 is 0 Å². The zero-order valence-electron chi connectivity index (χ0n) is 25.2. The number of amides is 2. The van der Waals surface area contributed by atoms with E-state index in [1.54, 1.807) is 11.3 Å². The van der Waals surface area contributed by atoms with Crippen molar-refractivity contribution in [1.29, 1.82) is 0 Å². The van der Waals surface area contributed by atoms with Gasteiger partial charge in [-0.25, -0.2) is 4.98 Å². The highest BCUT2D eigenvalue weighted by Crippen LogP contribution is 2.30. The van der Waals surface area contributed by atoms with Gasteiger partial charge in [0.15, 0.2) is 4.96 Å². The highest BCUT2D eigenvalue weighted by atomic mass is 32.1. The highest BCUT2D eigenvalue weighted by molar-refractivity contribution is 7.23. The average Bonchev–Trinajstić information content (AvgIpc) is 3.72. The van der Waals surface area contributed by atoms with Gasteiger partial charge in [0.1, 0.15) is 0 Å². The number of imidazole rings is 1. The summed E-state index contributed by atoms with van der Waals surface area (Å²) >= 11 is 1.57. The molecule has 13 heteroatoms. The summed E-state index contributed by atoms with van der Waals surface area (Å²) in [5.41, 5.74) is 4.18. The topological polar surface area (TPSA) is 157 Å². The lowest BCUT2D eigenvalue weighted by molar-refractivity contribution is -0.123. The summed E-state index contributed by atoms with van der Waals surface area (Å²) < 4.78 is 3.10. The van der Waals surface area contributed by atoms with Crippen LogP contribution in [-0.4, -0.2) is 107 Å². The van der Waals surface area contributed by atoms with E-state index in [4.69, 9.17) is 24.8 Å². The molecule has 1 atom stereocenters. The summed E-state index contributed by atoms with van der Waals surface area (Å²) in [6.07, 6.45) is 3.95. The molecule has 44 heavy (non-hydrogen) atoms. The zero-order valence-corrected chi connectivity index (χ0v) is 26.0. The van der Waals surface area contributed by atoms with Gasteiger partial charge in [-0.15, -0.1) is 0 Å². The Morgan fingerprint density at radius 1 is 1.05 bits per heavy atom. The SMILES string of the molecule is CCN(CC)CCCNC(=O)c1ccc2c(c1)sc1nc(-c3ccc(C(=O)NC4CCN(C)C4)cc3)cn12.O=CO.O=CO. The van der Waals surface area contributed by atoms with Crippen LogP contribution in [0.25, 0.3) is 26.4 Å². The van der Waals surface area contributed by atoms with E-state index in [1.807, 2.05) is 48.7 Å². The van der Waals surface area contributed by atoms with Gasteiger partial charge in [0.2, 0.25) is 0 Å². The molecule has 0 bridgehead atoms. The standard InChI is InChI=1S/C29H36N6O2S.2CH2O2/c1-4-34(5-2)15-6-14-30-27(36)22-11-12-25-26(17-22)38-29-32-24(19-35(25)29)20-7-9-21(10-8-20)28(37)31-23-13-16-33(3)18-23;2*2-1-3/h7-12,17,19,23H,4-6,13-16,18H2,1-3H3,(H,30,36)(H,31,37);2*1H,(H,2,3). The Hall–Kier alpha value is -4.33. The van der Waals surface area contributed by atoms with Gasteiger partial charge in [0.25, 0.3) is 24.8 Å². The molecule has 12 nitrogen and oxygen atoms in total. The van der Waals surface area contributed by atoms with E-state index in [0.29, 0.717) is 17.7 Å². The molecule has 1 saturated heterocycles. The summed E-state index contributed by atoms with van der Waals surface area (Å²) in [6, 6.07) is 13.7. The van der Waals surface area contributed by atoms with Gasteiger partial charge in [-0.05, 0) is 76.4 Å². The fourth-order valence-electron chi connectivity index (χ4n) is 5.04. The van der Waals surface area contributed by atoms with Gasteiger partial charge in [-0.3, -0.25) is 23.6 Å². The van der Waals surface area contributed by atoms with Gasteiger partial charge in [0.05, 0.1) is 15.9 Å². The van der Waals surface area contributed by atoms with E-state index in [0.717, 1.165) is 72.0 Å². The molecule has 0 radical (unpaired) electrons. The fourth-order valence-corrected chi connectivity index (χ4v) is 6.09. The largest absolute Gasteiger partial charge is 0.483 e. The second kappa shape index (κ2) is 17.1. The van der Waals surface area contributed by atoms with Crippen LogP contribution in [0.2, 0.25) is 0 Å². The number of rotatable bonds is 10. The van der Waals surface area contributed by atoms with Crippen molar-refractivity contribution in [1.82, 2.24) is 29.8 Å². The number of hydrogen-bond donors (Lipinski definition) is 4. The monoisotopic (exact) mass is 624 g/mol. The van der Waals surface area contributed by atoms with Crippen molar-refractivity contribution in [3.8, 4) is 11.3 Å². The van der Waals surface area contributed by atoms with Crippen molar-refractivity contribution in [3.05, 3.63) is 59.8 Å². The fraction of sp³-hybridized carbons (Fsp3) is 0.387. The molecule has 0 spiro atoms. The summed E-state index contributed by atoms with van der Waals surface area (Å²) in [5.74, 6) is -0.0698. The second-order valence-corrected chi connectivity index (χ2v) is 11.2.